The van der Waals surface area contributed by atoms with E-state index in [-0.39, 0.29) is 12.2 Å². The number of benzene rings is 2. The van der Waals surface area contributed by atoms with E-state index < -0.39 is 0 Å². The second-order valence-electron chi connectivity index (χ2n) is 4.95. The molecule has 0 radical (unpaired) electrons. The van der Waals surface area contributed by atoms with E-state index in [1.54, 1.807) is 4.90 Å². The Bertz CT molecular complexity index is 585. The number of nitrogens with zero attached hydrogens (tertiary/aromatic N) is 1. The predicted molar refractivity (Wildman–Crippen MR) is 80.2 cm³/mol. The maximum atomic E-state index is 11.9. The molecule has 1 saturated heterocycles. The molecule has 0 aliphatic carbocycles. The molecule has 108 valence electrons. The highest BCUT2D eigenvalue weighted by Gasteiger charge is 2.32. The number of amides is 1. The van der Waals surface area contributed by atoms with Crippen LogP contribution >= 0.6 is 0 Å². The summed E-state index contributed by atoms with van der Waals surface area (Å²) in [6.07, 6.45) is -0.532. The van der Waals surface area contributed by atoms with Crippen LogP contribution in [0.15, 0.2) is 60.7 Å². The first-order valence-corrected chi connectivity index (χ1v) is 6.98. The molecule has 1 fully saturated rings. The van der Waals surface area contributed by atoms with Crippen LogP contribution in [0.1, 0.15) is 5.56 Å². The zero-order valence-corrected chi connectivity index (χ0v) is 11.6. The highest BCUT2D eigenvalue weighted by Crippen LogP contribution is 2.21. The van der Waals surface area contributed by atoms with Crippen molar-refractivity contribution < 1.29 is 14.3 Å². The van der Waals surface area contributed by atoms with Crippen LogP contribution in [-0.4, -0.2) is 25.3 Å². The lowest BCUT2D eigenvalue weighted by molar-refractivity contribution is 0.0381. The minimum absolute atomic E-state index is 0.221. The summed E-state index contributed by atoms with van der Waals surface area (Å²) in [6.45, 7) is 1.46. The third-order valence-electron chi connectivity index (χ3n) is 3.36. The maximum Gasteiger partial charge on any atom is 0.414 e. The Kier molecular flexibility index (Phi) is 4.17. The van der Waals surface area contributed by atoms with Gasteiger partial charge in [0.1, 0.15) is 6.10 Å². The van der Waals surface area contributed by atoms with Crippen molar-refractivity contribution in [2.75, 3.05) is 18.1 Å². The van der Waals surface area contributed by atoms with Crippen LogP contribution in [0.4, 0.5) is 10.5 Å². The molecule has 4 nitrogen and oxygen atoms in total. The number of anilines is 1. The largest absolute Gasteiger partial charge is 0.441 e. The number of carbonyl (C=O) groups excluding carboxylic acids is 1. The average molecular weight is 283 g/mol. The monoisotopic (exact) mass is 283 g/mol. The number of hydrogen-bond acceptors (Lipinski definition) is 3. The number of para-hydroxylation sites is 1. The molecule has 0 saturated carbocycles. The molecule has 1 aliphatic rings. The highest BCUT2D eigenvalue weighted by atomic mass is 16.6. The van der Waals surface area contributed by atoms with Crippen molar-refractivity contribution >= 4 is 11.8 Å². The summed E-state index contributed by atoms with van der Waals surface area (Å²) in [6, 6.07) is 19.5. The fourth-order valence-corrected chi connectivity index (χ4v) is 2.31. The summed E-state index contributed by atoms with van der Waals surface area (Å²) in [7, 11) is 0. The van der Waals surface area contributed by atoms with Gasteiger partial charge in [0.25, 0.3) is 0 Å². The summed E-state index contributed by atoms with van der Waals surface area (Å²) in [5.74, 6) is 0. The molecule has 1 aliphatic heterocycles. The predicted octanol–water partition coefficient (Wildman–Crippen LogP) is 3.23. The summed E-state index contributed by atoms with van der Waals surface area (Å²) < 4.78 is 11.0. The first-order chi connectivity index (χ1) is 10.3. The van der Waals surface area contributed by atoms with Gasteiger partial charge in [-0.05, 0) is 17.7 Å². The van der Waals surface area contributed by atoms with Crippen LogP contribution in [-0.2, 0) is 16.1 Å². The van der Waals surface area contributed by atoms with Crippen molar-refractivity contribution in [3.05, 3.63) is 66.2 Å². The van der Waals surface area contributed by atoms with E-state index in [1.165, 1.54) is 0 Å². The molecule has 1 heterocycles. The van der Waals surface area contributed by atoms with E-state index in [9.17, 15) is 4.79 Å². The zero-order valence-electron chi connectivity index (χ0n) is 11.6. The quantitative estimate of drug-likeness (QED) is 0.845. The SMILES string of the molecule is O=C1O[C@@H](COCc2ccccc2)CN1c1ccccc1. The molecule has 2 aromatic carbocycles. The van der Waals surface area contributed by atoms with Crippen LogP contribution in [0.2, 0.25) is 0 Å². The molecule has 3 rings (SSSR count). The standard InChI is InChI=1S/C17H17NO3/c19-17-18(15-9-5-2-6-10-15)11-16(21-17)13-20-12-14-7-3-1-4-8-14/h1-10,16H,11-13H2/t16-/m1/s1. The Morgan fingerprint density at radius 2 is 1.71 bits per heavy atom. The van der Waals surface area contributed by atoms with Crippen molar-refractivity contribution in [3.8, 4) is 0 Å². The third kappa shape index (κ3) is 3.41. The summed E-state index contributed by atoms with van der Waals surface area (Å²) in [4.78, 5) is 13.5. The molecule has 0 aromatic heterocycles. The third-order valence-corrected chi connectivity index (χ3v) is 3.36. The van der Waals surface area contributed by atoms with Crippen molar-refractivity contribution in [1.82, 2.24) is 0 Å². The van der Waals surface area contributed by atoms with E-state index in [0.29, 0.717) is 19.8 Å². The first-order valence-electron chi connectivity index (χ1n) is 6.98. The summed E-state index contributed by atoms with van der Waals surface area (Å²) in [5, 5.41) is 0. The highest BCUT2D eigenvalue weighted by molar-refractivity contribution is 5.89. The Hall–Kier alpha value is -2.33. The number of carbonyl (C=O) groups is 1. The second kappa shape index (κ2) is 6.41. The lowest BCUT2D eigenvalue weighted by atomic mass is 10.2. The van der Waals surface area contributed by atoms with Gasteiger partial charge in [-0.2, -0.15) is 0 Å². The molecule has 4 heteroatoms. The van der Waals surface area contributed by atoms with Gasteiger partial charge in [0.15, 0.2) is 0 Å². The number of hydrogen-bond donors (Lipinski definition) is 0. The molecule has 1 atom stereocenters. The van der Waals surface area contributed by atoms with Gasteiger partial charge >= 0.3 is 6.09 Å². The smallest absolute Gasteiger partial charge is 0.414 e. The number of ether oxygens (including phenoxy) is 2. The molecule has 1 amide bonds. The second-order valence-corrected chi connectivity index (χ2v) is 4.95. The van der Waals surface area contributed by atoms with Gasteiger partial charge in [-0.3, -0.25) is 4.90 Å². The lowest BCUT2D eigenvalue weighted by Gasteiger charge is -2.12. The van der Waals surface area contributed by atoms with Crippen LogP contribution in [0, 0.1) is 0 Å². The average Bonchev–Trinajstić information content (AvgIpc) is 2.90. The van der Waals surface area contributed by atoms with Crippen molar-refractivity contribution in [2.24, 2.45) is 0 Å². The lowest BCUT2D eigenvalue weighted by Crippen LogP contribution is -2.25. The molecule has 0 bridgehead atoms. The Morgan fingerprint density at radius 1 is 1.05 bits per heavy atom. The topological polar surface area (TPSA) is 38.8 Å². The fraction of sp³-hybridized carbons (Fsp3) is 0.235. The van der Waals surface area contributed by atoms with Gasteiger partial charge in [0, 0.05) is 5.69 Å². The molecule has 21 heavy (non-hydrogen) atoms. The van der Waals surface area contributed by atoms with Crippen molar-refractivity contribution in [3.63, 3.8) is 0 Å². The molecule has 0 unspecified atom stereocenters. The normalized spacial score (nSPS) is 17.8. The minimum Gasteiger partial charge on any atom is -0.441 e. The zero-order chi connectivity index (χ0) is 14.5. The van der Waals surface area contributed by atoms with E-state index in [4.69, 9.17) is 9.47 Å². The van der Waals surface area contributed by atoms with Gasteiger partial charge < -0.3 is 9.47 Å². The molecule has 0 N–H and O–H groups in total. The van der Waals surface area contributed by atoms with Crippen LogP contribution in [0.3, 0.4) is 0 Å². The van der Waals surface area contributed by atoms with Gasteiger partial charge in [0.05, 0.1) is 19.8 Å². The molecular weight excluding hydrogens is 266 g/mol. The van der Waals surface area contributed by atoms with Crippen LogP contribution < -0.4 is 4.90 Å². The summed E-state index contributed by atoms with van der Waals surface area (Å²) >= 11 is 0. The number of rotatable bonds is 5. The van der Waals surface area contributed by atoms with Crippen molar-refractivity contribution in [2.45, 2.75) is 12.7 Å². The first kappa shape index (κ1) is 13.6. The minimum atomic E-state index is -0.311. The van der Waals surface area contributed by atoms with Gasteiger partial charge in [0.2, 0.25) is 0 Å². The van der Waals surface area contributed by atoms with Crippen molar-refractivity contribution in [1.29, 1.82) is 0 Å². The van der Waals surface area contributed by atoms with Gasteiger partial charge in [-0.25, -0.2) is 4.79 Å². The van der Waals surface area contributed by atoms with Gasteiger partial charge in [-0.1, -0.05) is 48.5 Å². The summed E-state index contributed by atoms with van der Waals surface area (Å²) in [5.41, 5.74) is 1.97. The molecule has 0 spiro atoms. The van der Waals surface area contributed by atoms with E-state index in [1.807, 2.05) is 60.7 Å². The molecule has 2 aromatic rings. The Labute approximate surface area is 123 Å². The maximum absolute atomic E-state index is 11.9. The van der Waals surface area contributed by atoms with E-state index in [2.05, 4.69) is 0 Å². The Morgan fingerprint density at radius 3 is 2.43 bits per heavy atom. The van der Waals surface area contributed by atoms with E-state index >= 15 is 0 Å². The van der Waals surface area contributed by atoms with Crippen LogP contribution in [0.25, 0.3) is 0 Å². The fourth-order valence-electron chi connectivity index (χ4n) is 2.31. The van der Waals surface area contributed by atoms with Gasteiger partial charge in [-0.15, -0.1) is 0 Å². The van der Waals surface area contributed by atoms with Crippen LogP contribution in [0.5, 0.6) is 0 Å². The molecular formula is C17H17NO3. The van der Waals surface area contributed by atoms with E-state index in [0.717, 1.165) is 11.3 Å². The number of cyclic esters (lactones) is 1. The Balaban J connectivity index is 1.51.